The van der Waals surface area contributed by atoms with Gasteiger partial charge >= 0.3 is 0 Å². The van der Waals surface area contributed by atoms with Crippen molar-refractivity contribution in [1.82, 2.24) is 0 Å². The predicted molar refractivity (Wildman–Crippen MR) is 106 cm³/mol. The van der Waals surface area contributed by atoms with Gasteiger partial charge in [0.25, 0.3) is 0 Å². The van der Waals surface area contributed by atoms with Crippen LogP contribution in [0.5, 0.6) is 0 Å². The molecule has 0 nitrogen and oxygen atoms in total. The van der Waals surface area contributed by atoms with E-state index in [4.69, 9.17) is 0 Å². The molecule has 115 valence electrons. The summed E-state index contributed by atoms with van der Waals surface area (Å²) in [6.45, 7) is 0. The van der Waals surface area contributed by atoms with Gasteiger partial charge in [-0.3, -0.25) is 0 Å². The largest absolute Gasteiger partial charge is 0.0699 e. The van der Waals surface area contributed by atoms with Gasteiger partial charge in [0.1, 0.15) is 0 Å². The molecule has 0 bridgehead atoms. The lowest BCUT2D eigenvalue weighted by molar-refractivity contribution is 0.855. The first-order valence-corrected chi connectivity index (χ1v) is 10.9. The molecule has 0 fully saturated rings. The molecule has 2 aliphatic carbocycles. The standard InChI is InChI=1S/C23H15Si2/c1-3-9-17-15(7-1)21-19(24-17)11-5-13-23(21)14-6-12-20-22(23)16-8-2-4-10-18(16)25-20/h1-14,24H. The van der Waals surface area contributed by atoms with Gasteiger partial charge in [-0.15, -0.1) is 0 Å². The summed E-state index contributed by atoms with van der Waals surface area (Å²) in [5.74, 6) is 0. The van der Waals surface area contributed by atoms with Crippen LogP contribution in [0.2, 0.25) is 0 Å². The lowest BCUT2D eigenvalue weighted by Gasteiger charge is -2.37. The first-order valence-electron chi connectivity index (χ1n) is 8.72. The first-order chi connectivity index (χ1) is 12.4. The Labute approximate surface area is 150 Å². The summed E-state index contributed by atoms with van der Waals surface area (Å²) in [5.41, 5.74) is 2.98. The molecule has 2 aromatic carbocycles. The van der Waals surface area contributed by atoms with E-state index >= 15 is 0 Å². The van der Waals surface area contributed by atoms with Crippen LogP contribution in [0.3, 0.4) is 0 Å². The van der Waals surface area contributed by atoms with Gasteiger partial charge in [0, 0.05) is 9.13 Å². The molecule has 6 rings (SSSR count). The summed E-state index contributed by atoms with van der Waals surface area (Å²) in [7, 11) is 0.980. The molecular formula is C23H15Si2. The molecule has 1 atom stereocenters. The topological polar surface area (TPSA) is 0 Å². The first kappa shape index (κ1) is 13.8. The fraction of sp³-hybridized carbons (Fsp3) is 0.0435. The molecule has 4 aliphatic rings. The summed E-state index contributed by atoms with van der Waals surface area (Å²) in [6, 6.07) is 18.0. The van der Waals surface area contributed by atoms with Gasteiger partial charge in [-0.2, -0.15) is 0 Å². The molecule has 2 heterocycles. The van der Waals surface area contributed by atoms with E-state index in [0.717, 1.165) is 9.13 Å². The minimum atomic E-state index is -0.0899. The average Bonchev–Trinajstić information content (AvgIpc) is 3.21. The molecule has 2 heteroatoms. The highest BCUT2D eigenvalue weighted by atomic mass is 28.2. The highest BCUT2D eigenvalue weighted by Crippen LogP contribution is 2.50. The summed E-state index contributed by atoms with van der Waals surface area (Å²) >= 11 is 0. The van der Waals surface area contributed by atoms with Gasteiger partial charge in [0.15, 0.2) is 0 Å². The fourth-order valence-electron chi connectivity index (χ4n) is 4.69. The van der Waals surface area contributed by atoms with Crippen LogP contribution in [-0.4, -0.2) is 18.3 Å². The summed E-state index contributed by atoms with van der Waals surface area (Å²) in [6.07, 6.45) is 14.1. The second kappa shape index (κ2) is 4.81. The number of rotatable bonds is 0. The third kappa shape index (κ3) is 1.71. The van der Waals surface area contributed by atoms with Crippen molar-refractivity contribution in [2.45, 2.75) is 0 Å². The molecule has 2 aromatic rings. The molecule has 0 saturated heterocycles. The van der Waals surface area contributed by atoms with Crippen LogP contribution in [0, 0.1) is 15.0 Å². The Hall–Kier alpha value is -2.43. The Morgan fingerprint density at radius 2 is 1.52 bits per heavy atom. The van der Waals surface area contributed by atoms with Crippen LogP contribution in [0.4, 0.5) is 0 Å². The van der Waals surface area contributed by atoms with Crippen molar-refractivity contribution >= 4 is 29.4 Å². The molecule has 0 amide bonds. The second-order valence-corrected chi connectivity index (χ2v) is 9.80. The van der Waals surface area contributed by atoms with Crippen molar-refractivity contribution in [3.63, 3.8) is 0 Å². The van der Waals surface area contributed by atoms with E-state index in [-0.39, 0.29) is 14.5 Å². The Morgan fingerprint density at radius 3 is 2.44 bits per heavy atom. The van der Waals surface area contributed by atoms with Crippen LogP contribution in [0.1, 0.15) is 0 Å². The van der Waals surface area contributed by atoms with E-state index in [1.165, 1.54) is 26.0 Å². The predicted octanol–water partition coefficient (Wildman–Crippen LogP) is 2.25. The normalized spacial score (nSPS) is 20.2. The highest BCUT2D eigenvalue weighted by Gasteiger charge is 2.41. The maximum Gasteiger partial charge on any atom is 0.0699 e. The van der Waals surface area contributed by atoms with Crippen LogP contribution in [0.25, 0.3) is 11.1 Å². The number of hydrogen-bond donors (Lipinski definition) is 0. The third-order valence-corrected chi connectivity index (χ3v) is 8.65. The lowest BCUT2D eigenvalue weighted by Crippen LogP contribution is -2.31. The maximum atomic E-state index is 2.43. The van der Waals surface area contributed by atoms with E-state index in [1.807, 2.05) is 0 Å². The Morgan fingerprint density at radius 1 is 0.760 bits per heavy atom. The van der Waals surface area contributed by atoms with Gasteiger partial charge < -0.3 is 0 Å². The molecule has 1 unspecified atom stereocenters. The van der Waals surface area contributed by atoms with Crippen molar-refractivity contribution in [3.05, 3.63) is 115 Å². The van der Waals surface area contributed by atoms with Gasteiger partial charge in [-0.05, 0) is 41.6 Å². The zero-order valence-corrected chi connectivity index (χ0v) is 15.8. The lowest BCUT2D eigenvalue weighted by atomic mass is 9.68. The minimum Gasteiger partial charge on any atom is -0.0657 e. The molecule has 25 heavy (non-hydrogen) atoms. The van der Waals surface area contributed by atoms with Crippen molar-refractivity contribution in [2.24, 2.45) is 5.41 Å². The van der Waals surface area contributed by atoms with Gasteiger partial charge in [-0.1, -0.05) is 85.0 Å². The molecular weight excluding hydrogens is 332 g/mol. The smallest absolute Gasteiger partial charge is 0.0657 e. The molecule has 1 radical (unpaired) electrons. The van der Waals surface area contributed by atoms with Crippen molar-refractivity contribution in [3.8, 4) is 0 Å². The SMILES string of the molecule is C1=CC2(C=CC=C3[SiH]=c4ccccc4=C32)C2=c3ccccc3=[Si]C2=C1. The van der Waals surface area contributed by atoms with Crippen molar-refractivity contribution in [1.29, 1.82) is 0 Å². The van der Waals surface area contributed by atoms with E-state index in [2.05, 4.69) is 85.0 Å². The molecule has 1 spiro atoms. The monoisotopic (exact) mass is 347 g/mol. The Bertz CT molecular complexity index is 1230. The summed E-state index contributed by atoms with van der Waals surface area (Å²) < 4.78 is 0. The van der Waals surface area contributed by atoms with Gasteiger partial charge in [-0.25, -0.2) is 0 Å². The Balaban J connectivity index is 1.82. The quantitative estimate of drug-likeness (QED) is 0.641. The number of allylic oxidation sites excluding steroid dienone is 8. The van der Waals surface area contributed by atoms with E-state index in [1.54, 1.807) is 15.6 Å². The van der Waals surface area contributed by atoms with Crippen LogP contribution >= 0.6 is 0 Å². The number of hydrogen-bond acceptors (Lipinski definition) is 0. The van der Waals surface area contributed by atoms with Crippen LogP contribution in [0.15, 0.2) is 95.4 Å². The number of fused-ring (bicyclic) bond motifs is 6. The third-order valence-electron chi connectivity index (χ3n) is 5.65. The van der Waals surface area contributed by atoms with Crippen molar-refractivity contribution < 1.29 is 0 Å². The zero-order chi connectivity index (χ0) is 16.4. The molecule has 0 saturated carbocycles. The Kier molecular flexibility index (Phi) is 2.66. The zero-order valence-electron chi connectivity index (χ0n) is 13.7. The fourth-order valence-corrected chi connectivity index (χ4v) is 7.83. The summed E-state index contributed by atoms with van der Waals surface area (Å²) in [5, 5.41) is 6.00. The molecule has 0 aromatic heterocycles. The number of benzene rings is 2. The van der Waals surface area contributed by atoms with Crippen LogP contribution < -0.4 is 10.4 Å². The highest BCUT2D eigenvalue weighted by molar-refractivity contribution is 6.48. The van der Waals surface area contributed by atoms with Gasteiger partial charge in [0.2, 0.25) is 0 Å². The van der Waals surface area contributed by atoms with Gasteiger partial charge in [0.05, 0.1) is 14.5 Å². The summed E-state index contributed by atoms with van der Waals surface area (Å²) in [4.78, 5) is 3.04. The molecule has 2 aliphatic heterocycles. The van der Waals surface area contributed by atoms with E-state index < -0.39 is 0 Å². The molecule has 0 N–H and O–H groups in total. The average molecular weight is 348 g/mol. The van der Waals surface area contributed by atoms with E-state index in [0.29, 0.717) is 0 Å². The maximum absolute atomic E-state index is 2.43. The minimum absolute atomic E-state index is 0.0899. The van der Waals surface area contributed by atoms with E-state index in [9.17, 15) is 0 Å². The second-order valence-electron chi connectivity index (χ2n) is 6.94. The van der Waals surface area contributed by atoms with Crippen LogP contribution in [-0.2, 0) is 0 Å². The van der Waals surface area contributed by atoms with Crippen molar-refractivity contribution in [2.75, 3.05) is 0 Å².